The maximum absolute atomic E-state index is 14.5. The second-order valence-corrected chi connectivity index (χ2v) is 10.2. The lowest BCUT2D eigenvalue weighted by molar-refractivity contribution is 0.597. The molecule has 0 N–H and O–H groups in total. The molecule has 0 spiro atoms. The van der Waals surface area contributed by atoms with E-state index in [1.165, 1.54) is 47.0 Å². The summed E-state index contributed by atoms with van der Waals surface area (Å²) in [6.07, 6.45) is 0. The van der Waals surface area contributed by atoms with E-state index in [4.69, 9.17) is 11.6 Å². The number of halogens is 2. The van der Waals surface area contributed by atoms with Crippen molar-refractivity contribution in [3.63, 3.8) is 0 Å². The summed E-state index contributed by atoms with van der Waals surface area (Å²) in [5, 5.41) is 1.02. The molecular weight excluding hydrogens is 459 g/mol. The summed E-state index contributed by atoms with van der Waals surface area (Å²) in [5.74, 6) is -0.624. The van der Waals surface area contributed by atoms with Crippen LogP contribution in [0.2, 0.25) is 5.02 Å². The summed E-state index contributed by atoms with van der Waals surface area (Å²) >= 11 is 6.91. The smallest absolute Gasteiger partial charge is 0.266 e. The third-order valence-electron chi connectivity index (χ3n) is 4.59. The van der Waals surface area contributed by atoms with Crippen molar-refractivity contribution in [1.29, 1.82) is 0 Å². The summed E-state index contributed by atoms with van der Waals surface area (Å²) in [7, 11) is -3.55. The van der Waals surface area contributed by atoms with E-state index in [0.29, 0.717) is 15.9 Å². The first-order valence-corrected chi connectivity index (χ1v) is 12.3. The van der Waals surface area contributed by atoms with Gasteiger partial charge in [0, 0.05) is 10.8 Å². The minimum absolute atomic E-state index is 0.0637. The molecule has 31 heavy (non-hydrogen) atoms. The molecule has 0 saturated carbocycles. The summed E-state index contributed by atoms with van der Waals surface area (Å²) in [6.45, 7) is 0. The zero-order valence-corrected chi connectivity index (χ0v) is 18.4. The molecule has 0 fully saturated rings. The number of thioether (sulfide) groups is 1. The molecule has 0 atom stereocenters. The van der Waals surface area contributed by atoms with Gasteiger partial charge < -0.3 is 0 Å². The molecule has 1 aromatic heterocycles. The topological polar surface area (TPSA) is 69.0 Å². The zero-order valence-electron chi connectivity index (χ0n) is 16.0. The predicted molar refractivity (Wildman–Crippen MR) is 122 cm³/mol. The number of fused-ring (bicyclic) bond motifs is 1. The summed E-state index contributed by atoms with van der Waals surface area (Å²) in [6, 6.07) is 18.6. The molecule has 0 aliphatic carbocycles. The van der Waals surface area contributed by atoms with E-state index in [2.05, 4.69) is 4.98 Å². The largest absolute Gasteiger partial charge is 0.268 e. The van der Waals surface area contributed by atoms with Crippen LogP contribution < -0.4 is 5.56 Å². The highest BCUT2D eigenvalue weighted by atomic mass is 35.5. The van der Waals surface area contributed by atoms with E-state index in [-0.39, 0.29) is 27.2 Å². The summed E-state index contributed by atoms with van der Waals surface area (Å²) in [4.78, 5) is 17.8. The monoisotopic (exact) mass is 474 g/mol. The quantitative estimate of drug-likeness (QED) is 0.298. The van der Waals surface area contributed by atoms with E-state index in [1.807, 2.05) is 0 Å². The van der Waals surface area contributed by atoms with Crippen LogP contribution in [0.4, 0.5) is 4.39 Å². The second kappa shape index (κ2) is 8.82. The van der Waals surface area contributed by atoms with Gasteiger partial charge in [0.25, 0.3) is 5.56 Å². The van der Waals surface area contributed by atoms with E-state index in [0.717, 1.165) is 11.8 Å². The van der Waals surface area contributed by atoms with E-state index in [1.54, 1.807) is 30.3 Å². The minimum atomic E-state index is -3.55. The first-order chi connectivity index (χ1) is 14.9. The van der Waals surface area contributed by atoms with Crippen LogP contribution in [-0.4, -0.2) is 29.5 Å². The summed E-state index contributed by atoms with van der Waals surface area (Å²) in [5.41, 5.74) is 0.107. The molecule has 3 aromatic carbocycles. The highest BCUT2D eigenvalue weighted by Crippen LogP contribution is 2.24. The minimum Gasteiger partial charge on any atom is -0.268 e. The Morgan fingerprint density at radius 1 is 0.968 bits per heavy atom. The molecule has 158 valence electrons. The molecule has 4 rings (SSSR count). The first-order valence-electron chi connectivity index (χ1n) is 9.25. The van der Waals surface area contributed by atoms with Gasteiger partial charge in [0.2, 0.25) is 0 Å². The Bertz CT molecular complexity index is 1420. The number of hydrogen-bond acceptors (Lipinski definition) is 5. The maximum atomic E-state index is 14.5. The van der Waals surface area contributed by atoms with Gasteiger partial charge in [0.15, 0.2) is 15.0 Å². The van der Waals surface area contributed by atoms with Crippen molar-refractivity contribution >= 4 is 44.1 Å². The number of nitrogens with zero attached hydrogens (tertiary/aromatic N) is 2. The number of rotatable bonds is 6. The van der Waals surface area contributed by atoms with Gasteiger partial charge in [-0.2, -0.15) is 0 Å². The maximum Gasteiger partial charge on any atom is 0.266 e. The molecule has 9 heteroatoms. The number of aromatic nitrogens is 2. The van der Waals surface area contributed by atoms with Crippen LogP contribution in [0, 0.1) is 5.82 Å². The van der Waals surface area contributed by atoms with Gasteiger partial charge >= 0.3 is 0 Å². The molecule has 0 aliphatic heterocycles. The Morgan fingerprint density at radius 2 is 1.65 bits per heavy atom. The van der Waals surface area contributed by atoms with Gasteiger partial charge in [-0.1, -0.05) is 47.6 Å². The van der Waals surface area contributed by atoms with Crippen molar-refractivity contribution in [3.8, 4) is 5.69 Å². The Balaban J connectivity index is 1.70. The van der Waals surface area contributed by atoms with Crippen LogP contribution in [-0.2, 0) is 9.84 Å². The zero-order chi connectivity index (χ0) is 22.0. The van der Waals surface area contributed by atoms with Crippen LogP contribution in [0.15, 0.2) is 87.6 Å². The first kappa shape index (κ1) is 21.5. The predicted octanol–water partition coefficient (Wildman–Crippen LogP) is 4.74. The second-order valence-electron chi connectivity index (χ2n) is 6.62. The molecule has 5 nitrogen and oxygen atoms in total. The normalized spacial score (nSPS) is 11.7. The van der Waals surface area contributed by atoms with Crippen molar-refractivity contribution in [2.45, 2.75) is 10.1 Å². The van der Waals surface area contributed by atoms with Gasteiger partial charge in [0.1, 0.15) is 5.82 Å². The van der Waals surface area contributed by atoms with Gasteiger partial charge in [-0.15, -0.1) is 0 Å². The SMILES string of the molecule is O=c1c2ccccc2nc(SCCS(=O)(=O)c2ccc(Cl)cc2)n1-c1ccccc1F. The van der Waals surface area contributed by atoms with E-state index in [9.17, 15) is 17.6 Å². The van der Waals surface area contributed by atoms with Crippen LogP contribution >= 0.6 is 23.4 Å². The molecule has 4 aromatic rings. The average molecular weight is 475 g/mol. The number of sulfone groups is 1. The van der Waals surface area contributed by atoms with Crippen molar-refractivity contribution in [2.75, 3.05) is 11.5 Å². The third-order valence-corrected chi connectivity index (χ3v) is 7.78. The average Bonchev–Trinajstić information content (AvgIpc) is 2.75. The van der Waals surface area contributed by atoms with Crippen molar-refractivity contribution in [1.82, 2.24) is 9.55 Å². The lowest BCUT2D eigenvalue weighted by atomic mass is 10.2. The summed E-state index contributed by atoms with van der Waals surface area (Å²) < 4.78 is 40.9. The molecule has 0 saturated heterocycles. The van der Waals surface area contributed by atoms with E-state index >= 15 is 0 Å². The molecule has 0 bridgehead atoms. The van der Waals surface area contributed by atoms with Crippen molar-refractivity contribution in [2.24, 2.45) is 0 Å². The molecule has 0 unspecified atom stereocenters. The van der Waals surface area contributed by atoms with Gasteiger partial charge in [-0.05, 0) is 48.5 Å². The Labute approximate surface area is 187 Å². The molecule has 1 heterocycles. The van der Waals surface area contributed by atoms with Gasteiger partial charge in [-0.3, -0.25) is 9.36 Å². The van der Waals surface area contributed by atoms with Crippen molar-refractivity contribution in [3.05, 3.63) is 94.0 Å². The Hall–Kier alpha value is -2.68. The standard InChI is InChI=1S/C22H16ClFN2O3S2/c23-15-9-11-16(12-10-15)31(28,29)14-13-30-22-25-19-7-3-1-5-17(19)21(27)26(22)20-8-4-2-6-18(20)24/h1-12H,13-14H2. The Kier molecular flexibility index (Phi) is 6.13. The van der Waals surface area contributed by atoms with Gasteiger partial charge in [-0.25, -0.2) is 17.8 Å². The fraction of sp³-hybridized carbons (Fsp3) is 0.0909. The number of hydrogen-bond donors (Lipinski definition) is 0. The fourth-order valence-corrected chi connectivity index (χ4v) is 5.84. The molecule has 0 aliphatic rings. The number of para-hydroxylation sites is 2. The van der Waals surface area contributed by atoms with Gasteiger partial charge in [0.05, 0.1) is 27.2 Å². The molecule has 0 amide bonds. The highest BCUT2D eigenvalue weighted by molar-refractivity contribution is 8.00. The van der Waals surface area contributed by atoms with Crippen molar-refractivity contribution < 1.29 is 12.8 Å². The molecular formula is C22H16ClFN2O3S2. The van der Waals surface area contributed by atoms with Crippen LogP contribution in [0.5, 0.6) is 0 Å². The lowest BCUT2D eigenvalue weighted by Gasteiger charge is -2.14. The Morgan fingerprint density at radius 3 is 2.39 bits per heavy atom. The molecule has 0 radical (unpaired) electrons. The number of benzene rings is 3. The van der Waals surface area contributed by atoms with Crippen LogP contribution in [0.1, 0.15) is 0 Å². The third kappa shape index (κ3) is 4.51. The fourth-order valence-electron chi connectivity index (χ4n) is 3.06. The highest BCUT2D eigenvalue weighted by Gasteiger charge is 2.18. The van der Waals surface area contributed by atoms with Crippen LogP contribution in [0.3, 0.4) is 0 Å². The van der Waals surface area contributed by atoms with Crippen LogP contribution in [0.25, 0.3) is 16.6 Å². The lowest BCUT2D eigenvalue weighted by Crippen LogP contribution is -2.23. The van der Waals surface area contributed by atoms with E-state index < -0.39 is 21.2 Å².